The van der Waals surface area contributed by atoms with Crippen molar-refractivity contribution in [2.75, 3.05) is 7.05 Å². The Morgan fingerprint density at radius 1 is 1.75 bits per heavy atom. The number of hydrogen-bond donors (Lipinski definition) is 1. The summed E-state index contributed by atoms with van der Waals surface area (Å²) in [6.07, 6.45) is 1.92. The minimum absolute atomic E-state index is 0.893. The fraction of sp³-hybridized carbons (Fsp3) is 0.333. The molecule has 2 heteroatoms. The van der Waals surface area contributed by atoms with Gasteiger partial charge in [-0.15, -0.1) is 0 Å². The van der Waals surface area contributed by atoms with Crippen LogP contribution in [0.25, 0.3) is 0 Å². The third kappa shape index (κ3) is 3.93. The Hall–Kier alpha value is -0.240. The highest BCUT2D eigenvalue weighted by molar-refractivity contribution is 9.11. The smallest absolute Gasteiger partial charge is 0.0120 e. The predicted octanol–water partition coefficient (Wildman–Crippen LogP) is 2.02. The first-order valence-corrected chi connectivity index (χ1v) is 3.16. The van der Waals surface area contributed by atoms with E-state index in [-0.39, 0.29) is 0 Å². The van der Waals surface area contributed by atoms with Crippen molar-refractivity contribution in [1.82, 2.24) is 5.32 Å². The minimum atomic E-state index is 0.893. The van der Waals surface area contributed by atoms with Crippen molar-refractivity contribution in [1.29, 1.82) is 0 Å². The molecule has 46 valence electrons. The molecular formula is C6H10BrN. The second-order valence-electron chi connectivity index (χ2n) is 1.52. The normalized spacial score (nSPS) is 11.1. The Kier molecular flexibility index (Phi) is 3.61. The van der Waals surface area contributed by atoms with E-state index in [0.717, 1.165) is 10.2 Å². The van der Waals surface area contributed by atoms with Crippen molar-refractivity contribution in [2.24, 2.45) is 0 Å². The molecule has 8 heavy (non-hydrogen) atoms. The van der Waals surface area contributed by atoms with Gasteiger partial charge in [0, 0.05) is 17.2 Å². The Balaban J connectivity index is 3.75. The van der Waals surface area contributed by atoms with Crippen LogP contribution >= 0.6 is 15.9 Å². The average Bonchev–Trinajstić information content (AvgIpc) is 1.65. The van der Waals surface area contributed by atoms with E-state index in [4.69, 9.17) is 0 Å². The maximum absolute atomic E-state index is 3.64. The first-order chi connectivity index (χ1) is 3.66. The maximum atomic E-state index is 3.64. The monoisotopic (exact) mass is 175 g/mol. The summed E-state index contributed by atoms with van der Waals surface area (Å²) in [5.74, 6) is 0. The quantitative estimate of drug-likeness (QED) is 0.634. The van der Waals surface area contributed by atoms with Gasteiger partial charge in [-0.3, -0.25) is 0 Å². The van der Waals surface area contributed by atoms with E-state index in [1.807, 2.05) is 20.0 Å². The van der Waals surface area contributed by atoms with E-state index in [1.165, 1.54) is 0 Å². The predicted molar refractivity (Wildman–Crippen MR) is 40.9 cm³/mol. The SMILES string of the molecule is C=C(Br)/C=C(\C)NC. The van der Waals surface area contributed by atoms with E-state index in [1.54, 1.807) is 0 Å². The van der Waals surface area contributed by atoms with Crippen LogP contribution in [0.5, 0.6) is 0 Å². The fourth-order valence-corrected chi connectivity index (χ4v) is 0.650. The Labute approximate surface area is 58.6 Å². The molecule has 0 aromatic heterocycles. The highest BCUT2D eigenvalue weighted by Gasteiger charge is 1.80. The van der Waals surface area contributed by atoms with Crippen molar-refractivity contribution in [3.8, 4) is 0 Å². The molecule has 0 saturated heterocycles. The highest BCUT2D eigenvalue weighted by Crippen LogP contribution is 2.03. The second-order valence-corrected chi connectivity index (χ2v) is 2.54. The summed E-state index contributed by atoms with van der Waals surface area (Å²) in [5.41, 5.74) is 1.10. The molecule has 0 aliphatic carbocycles. The molecule has 0 aromatic carbocycles. The molecule has 0 aliphatic rings. The van der Waals surface area contributed by atoms with Gasteiger partial charge >= 0.3 is 0 Å². The molecule has 1 N–H and O–H groups in total. The van der Waals surface area contributed by atoms with Crippen LogP contribution in [0.15, 0.2) is 22.8 Å². The van der Waals surface area contributed by atoms with Crippen LogP contribution in [0.3, 0.4) is 0 Å². The van der Waals surface area contributed by atoms with Crippen LogP contribution in [-0.2, 0) is 0 Å². The minimum Gasteiger partial charge on any atom is -0.392 e. The average molecular weight is 176 g/mol. The summed E-state index contributed by atoms with van der Waals surface area (Å²) in [6, 6.07) is 0. The number of allylic oxidation sites excluding steroid dienone is 3. The van der Waals surface area contributed by atoms with Crippen LogP contribution < -0.4 is 5.32 Å². The van der Waals surface area contributed by atoms with Gasteiger partial charge < -0.3 is 5.32 Å². The molecule has 0 bridgehead atoms. The van der Waals surface area contributed by atoms with Gasteiger partial charge in [-0.2, -0.15) is 0 Å². The van der Waals surface area contributed by atoms with Gasteiger partial charge in [0.05, 0.1) is 0 Å². The van der Waals surface area contributed by atoms with Crippen LogP contribution in [0.1, 0.15) is 6.92 Å². The van der Waals surface area contributed by atoms with Gasteiger partial charge in [-0.25, -0.2) is 0 Å². The lowest BCUT2D eigenvalue weighted by molar-refractivity contribution is 0.990. The van der Waals surface area contributed by atoms with Crippen molar-refractivity contribution in [3.05, 3.63) is 22.8 Å². The molecule has 0 rings (SSSR count). The Bertz CT molecular complexity index is 116. The Morgan fingerprint density at radius 3 is 2.38 bits per heavy atom. The number of halogens is 1. The fourth-order valence-electron chi connectivity index (χ4n) is 0.307. The third-order valence-corrected chi connectivity index (χ3v) is 0.996. The summed E-state index contributed by atoms with van der Waals surface area (Å²) >= 11 is 3.20. The number of hydrogen-bond acceptors (Lipinski definition) is 1. The van der Waals surface area contributed by atoms with E-state index in [9.17, 15) is 0 Å². The number of rotatable bonds is 2. The van der Waals surface area contributed by atoms with Gasteiger partial charge in [0.2, 0.25) is 0 Å². The molecule has 0 atom stereocenters. The topological polar surface area (TPSA) is 12.0 Å². The lowest BCUT2D eigenvalue weighted by atomic mass is 10.4. The highest BCUT2D eigenvalue weighted by atomic mass is 79.9. The largest absolute Gasteiger partial charge is 0.392 e. The first-order valence-electron chi connectivity index (χ1n) is 2.37. The molecule has 0 aromatic rings. The molecule has 0 unspecified atom stereocenters. The molecule has 1 nitrogen and oxygen atoms in total. The van der Waals surface area contributed by atoms with Gasteiger partial charge in [0.15, 0.2) is 0 Å². The molecule has 0 fully saturated rings. The summed E-state index contributed by atoms with van der Waals surface area (Å²) in [4.78, 5) is 0. The van der Waals surface area contributed by atoms with Crippen molar-refractivity contribution >= 4 is 15.9 Å². The lowest BCUT2D eigenvalue weighted by Crippen LogP contribution is -2.00. The van der Waals surface area contributed by atoms with Crippen LogP contribution in [0.2, 0.25) is 0 Å². The van der Waals surface area contributed by atoms with Crippen LogP contribution in [0.4, 0.5) is 0 Å². The van der Waals surface area contributed by atoms with Gasteiger partial charge in [-0.05, 0) is 13.0 Å². The molecular weight excluding hydrogens is 166 g/mol. The maximum Gasteiger partial charge on any atom is 0.0120 e. The van der Waals surface area contributed by atoms with Crippen molar-refractivity contribution in [3.63, 3.8) is 0 Å². The zero-order valence-electron chi connectivity index (χ0n) is 5.16. The van der Waals surface area contributed by atoms with E-state index in [0.29, 0.717) is 0 Å². The van der Waals surface area contributed by atoms with Crippen molar-refractivity contribution < 1.29 is 0 Å². The Morgan fingerprint density at radius 2 is 2.25 bits per heavy atom. The lowest BCUT2D eigenvalue weighted by Gasteiger charge is -1.95. The van der Waals surface area contributed by atoms with Crippen LogP contribution in [-0.4, -0.2) is 7.05 Å². The molecule has 0 radical (unpaired) electrons. The first kappa shape index (κ1) is 7.76. The second kappa shape index (κ2) is 3.72. The molecule has 0 aliphatic heterocycles. The van der Waals surface area contributed by atoms with Gasteiger partial charge in [-0.1, -0.05) is 22.5 Å². The van der Waals surface area contributed by atoms with Crippen molar-refractivity contribution in [2.45, 2.75) is 6.92 Å². The molecule has 0 spiro atoms. The van der Waals surface area contributed by atoms with Gasteiger partial charge in [0.1, 0.15) is 0 Å². The molecule has 0 heterocycles. The summed E-state index contributed by atoms with van der Waals surface area (Å²) < 4.78 is 0.893. The molecule has 0 amide bonds. The van der Waals surface area contributed by atoms with Gasteiger partial charge in [0.25, 0.3) is 0 Å². The number of nitrogens with one attached hydrogen (secondary N) is 1. The van der Waals surface area contributed by atoms with E-state index in [2.05, 4.69) is 27.8 Å². The van der Waals surface area contributed by atoms with E-state index < -0.39 is 0 Å². The van der Waals surface area contributed by atoms with E-state index >= 15 is 0 Å². The third-order valence-electron chi connectivity index (χ3n) is 0.767. The molecule has 0 saturated carbocycles. The zero-order chi connectivity index (χ0) is 6.57. The van der Waals surface area contributed by atoms with Crippen LogP contribution in [0, 0.1) is 0 Å². The standard InChI is InChI=1S/C6H10BrN/c1-5(7)4-6(2)8-3/h4,8H,1H2,2-3H3/b6-4+. The summed E-state index contributed by atoms with van der Waals surface area (Å²) in [6.45, 7) is 5.62. The summed E-state index contributed by atoms with van der Waals surface area (Å²) in [7, 11) is 1.88. The summed E-state index contributed by atoms with van der Waals surface area (Å²) in [5, 5.41) is 2.97. The zero-order valence-corrected chi connectivity index (χ0v) is 6.75.